The lowest BCUT2D eigenvalue weighted by Gasteiger charge is -2.39. The number of pyridine rings is 2. The summed E-state index contributed by atoms with van der Waals surface area (Å²) in [5.74, 6) is -3.24. The molecule has 78 heavy (non-hydrogen) atoms. The van der Waals surface area contributed by atoms with Crippen LogP contribution >= 0.6 is 0 Å². The van der Waals surface area contributed by atoms with Crippen molar-refractivity contribution in [3.05, 3.63) is 115 Å². The van der Waals surface area contributed by atoms with Crippen LogP contribution in [0.25, 0.3) is 22.3 Å². The number of cyclic esters (lactones) is 1. The number of esters is 1. The number of aromatic nitrogens is 2. The molecule has 6 N–H and O–H groups in total. The Hall–Kier alpha value is -7.46. The molecule has 21 nitrogen and oxygen atoms in total. The number of hydrogen-bond acceptors (Lipinski definition) is 17. The van der Waals surface area contributed by atoms with Gasteiger partial charge in [0, 0.05) is 93.1 Å². The Morgan fingerprint density at radius 3 is 2.44 bits per heavy atom. The Morgan fingerprint density at radius 2 is 1.76 bits per heavy atom. The maximum absolute atomic E-state index is 14.3. The number of aryl methyl sites for hydroxylation is 1. The van der Waals surface area contributed by atoms with Crippen LogP contribution in [0.4, 0.5) is 9.59 Å². The minimum Gasteiger partial charge on any atom is -0.508 e. The quantitative estimate of drug-likeness (QED) is 0.0634. The SMILES string of the molecule is CCc1c2c(nc3ccc(O)cc13)-c1cc3c(c(=O)n1C2)COC(=O)[C@@]3(CC)OC(=O)N1CCN(CCNC2=C3C[C@@H](C)C[C@H](OC)[C@@H](O)[C@@H](C)/C=C(\C)[C@H](OC(N)=O)[C@@H](OC)/C=C\C=C(/C)C(=O)NC(=CC2=O)C3=O)CC1. The van der Waals surface area contributed by atoms with Crippen LogP contribution in [0, 0.1) is 11.8 Å². The van der Waals surface area contributed by atoms with E-state index in [-0.39, 0.29) is 103 Å². The molecular formula is C57H69N7O14. The van der Waals surface area contributed by atoms with Crippen molar-refractivity contribution in [3.63, 3.8) is 0 Å². The van der Waals surface area contributed by atoms with Gasteiger partial charge < -0.3 is 59.7 Å². The van der Waals surface area contributed by atoms with Crippen LogP contribution in [-0.4, -0.2) is 143 Å². The highest BCUT2D eigenvalue weighted by atomic mass is 16.6. The van der Waals surface area contributed by atoms with Gasteiger partial charge in [0.15, 0.2) is 6.10 Å². The minimum absolute atomic E-state index is 0.00971. The molecule has 0 radical (unpaired) electrons. The number of fused-ring (bicyclic) bond motifs is 7. The number of nitrogens with zero attached hydrogens (tertiary/aromatic N) is 4. The third kappa shape index (κ3) is 11.3. The smallest absolute Gasteiger partial charge is 0.411 e. The van der Waals surface area contributed by atoms with E-state index in [4.69, 9.17) is 34.4 Å². The van der Waals surface area contributed by atoms with Crippen molar-refractivity contribution in [1.29, 1.82) is 0 Å². The summed E-state index contributed by atoms with van der Waals surface area (Å²) in [5.41, 5.74) is 7.89. The third-order valence-corrected chi connectivity index (χ3v) is 15.5. The average Bonchev–Trinajstić information content (AvgIpc) is 3.84. The third-order valence-electron chi connectivity index (χ3n) is 15.5. The van der Waals surface area contributed by atoms with E-state index in [1.54, 1.807) is 61.8 Å². The fourth-order valence-corrected chi connectivity index (χ4v) is 11.2. The molecule has 0 saturated carbocycles. The summed E-state index contributed by atoms with van der Waals surface area (Å²) < 4.78 is 30.2. The number of aliphatic hydroxyl groups is 1. The van der Waals surface area contributed by atoms with Gasteiger partial charge in [0.1, 0.15) is 18.5 Å². The summed E-state index contributed by atoms with van der Waals surface area (Å²) in [6.45, 7) is 12.4. The summed E-state index contributed by atoms with van der Waals surface area (Å²) in [6, 6.07) is 6.67. The van der Waals surface area contributed by atoms with E-state index in [1.165, 1.54) is 38.2 Å². The number of ether oxygens (including phenoxy) is 5. The second-order valence-electron chi connectivity index (χ2n) is 20.6. The number of methoxy groups -OCH3 is 2. The molecule has 1 saturated heterocycles. The number of primary amides is 1. The number of nitrogens with two attached hydrogens (primary N) is 1. The van der Waals surface area contributed by atoms with E-state index >= 15 is 0 Å². The van der Waals surface area contributed by atoms with Crippen molar-refractivity contribution < 1.29 is 62.7 Å². The molecule has 1 aliphatic carbocycles. The number of benzene rings is 1. The highest BCUT2D eigenvalue weighted by Crippen LogP contribution is 2.43. The molecule has 0 unspecified atom stereocenters. The van der Waals surface area contributed by atoms with E-state index in [9.17, 15) is 43.8 Å². The maximum Gasteiger partial charge on any atom is 0.411 e. The summed E-state index contributed by atoms with van der Waals surface area (Å²) >= 11 is 0. The first-order chi connectivity index (χ1) is 37.2. The van der Waals surface area contributed by atoms with Gasteiger partial charge in [0.25, 0.3) is 11.5 Å². The van der Waals surface area contributed by atoms with E-state index in [2.05, 4.69) is 15.5 Å². The molecule has 1 fully saturated rings. The number of aromatic hydroxyl groups is 1. The van der Waals surface area contributed by atoms with Gasteiger partial charge >= 0.3 is 18.2 Å². The Labute approximate surface area is 451 Å². The van der Waals surface area contributed by atoms with E-state index < -0.39 is 71.6 Å². The highest BCUT2D eigenvalue weighted by Gasteiger charge is 2.51. The van der Waals surface area contributed by atoms with Crippen LogP contribution in [0.1, 0.15) is 83.1 Å². The number of rotatable bonds is 10. The molecule has 3 aromatic rings. The van der Waals surface area contributed by atoms with Crippen molar-refractivity contribution in [2.75, 3.05) is 53.5 Å². The molecule has 416 valence electrons. The first-order valence-corrected chi connectivity index (χ1v) is 26.4. The fourth-order valence-electron chi connectivity index (χ4n) is 11.2. The van der Waals surface area contributed by atoms with Crippen molar-refractivity contribution in [1.82, 2.24) is 30.0 Å². The van der Waals surface area contributed by atoms with Crippen LogP contribution in [0.2, 0.25) is 0 Å². The number of amides is 3. The predicted molar refractivity (Wildman–Crippen MR) is 285 cm³/mol. The number of piperazine rings is 1. The lowest BCUT2D eigenvalue weighted by atomic mass is 9.85. The molecule has 0 spiro atoms. The summed E-state index contributed by atoms with van der Waals surface area (Å²) in [7, 11) is 2.89. The van der Waals surface area contributed by atoms with Crippen LogP contribution in [0.3, 0.4) is 0 Å². The Kier molecular flexibility index (Phi) is 17.2. The number of Topliss-reactive ketones (excluding diaryl/α,β-unsaturated/α-hetero) is 1. The number of nitrogens with one attached hydrogen (secondary N) is 2. The van der Waals surface area contributed by atoms with Gasteiger partial charge in [-0.2, -0.15) is 0 Å². The van der Waals surface area contributed by atoms with Crippen molar-refractivity contribution in [2.24, 2.45) is 17.6 Å². The average molecular weight is 1080 g/mol. The molecular weight excluding hydrogens is 1010 g/mol. The number of phenols is 1. The zero-order valence-electron chi connectivity index (χ0n) is 45.3. The minimum atomic E-state index is -1.91. The Morgan fingerprint density at radius 1 is 1.01 bits per heavy atom. The molecule has 21 heteroatoms. The van der Waals surface area contributed by atoms with Crippen molar-refractivity contribution >= 4 is 46.5 Å². The van der Waals surface area contributed by atoms with E-state index in [0.717, 1.165) is 22.6 Å². The largest absolute Gasteiger partial charge is 0.508 e. The van der Waals surface area contributed by atoms with Gasteiger partial charge in [0.05, 0.1) is 52.6 Å². The zero-order valence-corrected chi connectivity index (χ0v) is 45.3. The summed E-state index contributed by atoms with van der Waals surface area (Å²) in [6.07, 6.45) is 2.99. The number of ketones is 2. The lowest BCUT2D eigenvalue weighted by molar-refractivity contribution is -0.173. The molecule has 1 aromatic carbocycles. The van der Waals surface area contributed by atoms with Gasteiger partial charge in [-0.25, -0.2) is 19.4 Å². The number of hydrogen-bond donors (Lipinski definition) is 5. The van der Waals surface area contributed by atoms with Crippen LogP contribution < -0.4 is 21.9 Å². The zero-order chi connectivity index (χ0) is 56.3. The molecule has 6 heterocycles. The Balaban J connectivity index is 0.962. The van der Waals surface area contributed by atoms with E-state index in [1.807, 2.05) is 13.8 Å². The molecule has 5 aliphatic rings. The number of carbonyl (C=O) groups excluding carboxylic acids is 6. The molecule has 8 rings (SSSR count). The van der Waals surface area contributed by atoms with Crippen molar-refractivity contribution in [3.8, 4) is 17.1 Å². The fraction of sp³-hybridized carbons (Fsp3) is 0.474. The van der Waals surface area contributed by atoms with Gasteiger partial charge in [-0.15, -0.1) is 0 Å². The monoisotopic (exact) mass is 1080 g/mol. The second-order valence-corrected chi connectivity index (χ2v) is 20.6. The number of phenolic OH excluding ortho intramolecular Hbond substituents is 1. The number of aliphatic hydroxyl groups excluding tert-OH is 1. The first kappa shape index (κ1) is 56.7. The molecule has 7 atom stereocenters. The normalized spacial score (nSPS) is 27.0. The summed E-state index contributed by atoms with van der Waals surface area (Å²) in [4.78, 5) is 104. The Bertz CT molecular complexity index is 3150. The molecule has 2 aromatic heterocycles. The van der Waals surface area contributed by atoms with Crippen molar-refractivity contribution in [2.45, 2.75) is 110 Å². The first-order valence-electron chi connectivity index (χ1n) is 26.4. The highest BCUT2D eigenvalue weighted by molar-refractivity contribution is 6.23. The molecule has 2 bridgehead atoms. The van der Waals surface area contributed by atoms with Gasteiger partial charge in [-0.3, -0.25) is 24.1 Å². The van der Waals surface area contributed by atoms with Gasteiger partial charge in [-0.1, -0.05) is 52.0 Å². The van der Waals surface area contributed by atoms with Crippen LogP contribution in [-0.2, 0) is 68.0 Å². The summed E-state index contributed by atoms with van der Waals surface area (Å²) in [5, 5.41) is 28.5. The topological polar surface area (TPSA) is 280 Å². The lowest BCUT2D eigenvalue weighted by Crippen LogP contribution is -2.54. The van der Waals surface area contributed by atoms with Crippen LogP contribution in [0.5, 0.6) is 5.75 Å². The molecule has 4 aliphatic heterocycles. The molecule has 3 amide bonds. The van der Waals surface area contributed by atoms with Gasteiger partial charge in [0.2, 0.25) is 17.2 Å². The number of allylic oxidation sites excluding steroid dienone is 4. The standard InChI is InChI=1S/C57H69N7O14/c1-9-35-36-25-34(65)14-15-41(36)60-47-38(35)28-64-43(47)26-40-39(53(64)70)29-76-54(71)57(40,10-2)78-56(73)63-20-18-62(19-21-63)17-16-59-48-37-22-30(3)23-46(75-8)49(67)32(5)24-33(6)51(77-55(58)72)45(74-7)13-11-12-31(4)52(69)61-42(50(37)68)27-44(48)66/h11-15,24-27,30,32,45-46,49,51,59,65,67H,9-10,16-23,28-29H2,1-8H3,(H2,58,72)(H,61,69)/b13-11-,31-12+,33-24+/t30-,32+,45+,46+,49+,51+,57+/m1/s1. The van der Waals surface area contributed by atoms with E-state index in [0.29, 0.717) is 48.5 Å². The predicted octanol–water partition coefficient (Wildman–Crippen LogP) is 4.47. The maximum atomic E-state index is 14.3. The van der Waals surface area contributed by atoms with Gasteiger partial charge in [-0.05, 0) is 80.9 Å². The second kappa shape index (κ2) is 23.6. The van der Waals surface area contributed by atoms with Crippen LogP contribution in [0.15, 0.2) is 87.6 Å². The number of carbonyl (C=O) groups is 6.